The normalized spacial score (nSPS) is 44.0. The summed E-state index contributed by atoms with van der Waals surface area (Å²) in [5.41, 5.74) is 0.0425. The van der Waals surface area contributed by atoms with Crippen LogP contribution in [0.1, 0.15) is 6.92 Å². The predicted molar refractivity (Wildman–Crippen MR) is 68.5 cm³/mol. The number of hydrogen-bond donors (Lipinski definition) is 0. The molecule has 0 bridgehead atoms. The van der Waals surface area contributed by atoms with Crippen LogP contribution in [-0.2, 0) is 28.5 Å². The van der Waals surface area contributed by atoms with Crippen LogP contribution in [0.2, 0.25) is 0 Å². The lowest BCUT2D eigenvalue weighted by atomic mass is 9.78. The van der Waals surface area contributed by atoms with Crippen molar-refractivity contribution in [3.05, 3.63) is 35.6 Å². The number of hydrogen-bond acceptors (Lipinski definition) is 6. The average molecular weight is 290 g/mol. The van der Waals surface area contributed by atoms with Gasteiger partial charge in [0.15, 0.2) is 5.60 Å². The maximum absolute atomic E-state index is 12.0. The third-order valence-corrected chi connectivity index (χ3v) is 4.65. The van der Waals surface area contributed by atoms with E-state index in [1.165, 1.54) is 13.4 Å². The quantitative estimate of drug-likeness (QED) is 0.405. The predicted octanol–water partition coefficient (Wildman–Crippen LogP) is 0.842. The summed E-state index contributed by atoms with van der Waals surface area (Å²) in [4.78, 5) is 23.8. The lowest BCUT2D eigenvalue weighted by Crippen LogP contribution is -2.43. The van der Waals surface area contributed by atoms with Crippen molar-refractivity contribution in [2.24, 2.45) is 11.8 Å². The van der Waals surface area contributed by atoms with Gasteiger partial charge in [0, 0.05) is 5.92 Å². The lowest BCUT2D eigenvalue weighted by Gasteiger charge is -2.32. The van der Waals surface area contributed by atoms with Crippen LogP contribution in [0.5, 0.6) is 0 Å². The first-order chi connectivity index (χ1) is 10.1. The monoisotopic (exact) mass is 290 g/mol. The minimum atomic E-state index is -0.873. The Hall–Kier alpha value is -2.08. The van der Waals surface area contributed by atoms with E-state index in [4.69, 9.17) is 18.9 Å². The molecule has 5 atom stereocenters. The Labute approximate surface area is 121 Å². The Morgan fingerprint density at radius 2 is 2.29 bits per heavy atom. The van der Waals surface area contributed by atoms with Gasteiger partial charge in [-0.2, -0.15) is 0 Å². The van der Waals surface area contributed by atoms with E-state index in [0.717, 1.165) is 0 Å². The lowest BCUT2D eigenvalue weighted by molar-refractivity contribution is -0.152. The van der Waals surface area contributed by atoms with Gasteiger partial charge in [0.05, 0.1) is 30.4 Å². The molecule has 21 heavy (non-hydrogen) atoms. The molecule has 3 aliphatic heterocycles. The minimum absolute atomic E-state index is 0.231. The zero-order chi connectivity index (χ0) is 14.8. The summed E-state index contributed by atoms with van der Waals surface area (Å²) in [5, 5.41) is 0. The SMILES string of the molecule is CC=C1C(=O)O[C@]23C=C[C@@H]4C(C(=O)OC)=CO[C@@H](O[C@@H]12)[C@@H]43. The van der Waals surface area contributed by atoms with Gasteiger partial charge < -0.3 is 18.9 Å². The van der Waals surface area contributed by atoms with Crippen LogP contribution in [0.25, 0.3) is 0 Å². The molecule has 0 aromatic carbocycles. The van der Waals surface area contributed by atoms with Crippen molar-refractivity contribution < 1.29 is 28.5 Å². The summed E-state index contributed by atoms with van der Waals surface area (Å²) in [6.07, 6.45) is 5.77. The molecule has 0 saturated carbocycles. The van der Waals surface area contributed by atoms with Crippen LogP contribution in [0.4, 0.5) is 0 Å². The fourth-order valence-corrected chi connectivity index (χ4v) is 3.74. The molecule has 0 N–H and O–H groups in total. The molecule has 2 saturated heterocycles. The number of carbonyl (C=O) groups is 2. The molecule has 0 amide bonds. The van der Waals surface area contributed by atoms with Crippen LogP contribution in [0, 0.1) is 11.8 Å². The standard InChI is InChI=1S/C15H14O6/c1-3-7-11-15(21-13(7)17)5-4-8-9(12(16)18-2)6-19-14(20-11)10(8)15/h3-6,8,10-11,14H,1-2H3/t8-,10-,11+,14+,15+/m1/s1. The number of ether oxygens (including phenoxy) is 4. The molecule has 0 aromatic heterocycles. The maximum Gasteiger partial charge on any atom is 0.337 e. The van der Waals surface area contributed by atoms with Crippen molar-refractivity contribution in [2.45, 2.75) is 24.9 Å². The van der Waals surface area contributed by atoms with Gasteiger partial charge >= 0.3 is 11.9 Å². The van der Waals surface area contributed by atoms with Gasteiger partial charge in [0.2, 0.25) is 6.29 Å². The Kier molecular flexibility index (Phi) is 2.39. The van der Waals surface area contributed by atoms with E-state index in [-0.39, 0.29) is 17.8 Å². The molecule has 1 spiro atoms. The first-order valence-corrected chi connectivity index (χ1v) is 6.80. The number of allylic oxidation sites excluding steroid dienone is 2. The molecule has 3 heterocycles. The maximum atomic E-state index is 12.0. The van der Waals surface area contributed by atoms with Crippen LogP contribution in [0.3, 0.4) is 0 Å². The zero-order valence-corrected chi connectivity index (χ0v) is 11.6. The van der Waals surface area contributed by atoms with Crippen LogP contribution < -0.4 is 0 Å². The van der Waals surface area contributed by atoms with E-state index in [1.54, 1.807) is 13.0 Å². The summed E-state index contributed by atoms with van der Waals surface area (Å²) in [6, 6.07) is 0. The highest BCUT2D eigenvalue weighted by molar-refractivity contribution is 5.94. The highest BCUT2D eigenvalue weighted by Crippen LogP contribution is 2.57. The molecule has 0 radical (unpaired) electrons. The molecule has 4 rings (SSSR count). The Balaban J connectivity index is 1.78. The molecule has 4 aliphatic rings. The molecule has 110 valence electrons. The van der Waals surface area contributed by atoms with Crippen molar-refractivity contribution in [1.29, 1.82) is 0 Å². The number of esters is 2. The highest BCUT2D eigenvalue weighted by Gasteiger charge is 2.70. The Bertz CT molecular complexity index is 630. The second kappa shape index (κ2) is 3.98. The van der Waals surface area contributed by atoms with Gasteiger partial charge in [-0.3, -0.25) is 0 Å². The van der Waals surface area contributed by atoms with Crippen LogP contribution in [0.15, 0.2) is 35.6 Å². The molecular weight excluding hydrogens is 276 g/mol. The van der Waals surface area contributed by atoms with E-state index >= 15 is 0 Å². The van der Waals surface area contributed by atoms with Crippen LogP contribution in [-0.4, -0.2) is 37.0 Å². The van der Waals surface area contributed by atoms with Crippen LogP contribution >= 0.6 is 0 Å². The zero-order valence-electron chi connectivity index (χ0n) is 11.6. The van der Waals surface area contributed by atoms with E-state index < -0.39 is 24.0 Å². The second-order valence-corrected chi connectivity index (χ2v) is 5.48. The van der Waals surface area contributed by atoms with Crippen molar-refractivity contribution in [1.82, 2.24) is 0 Å². The van der Waals surface area contributed by atoms with Crippen molar-refractivity contribution in [3.8, 4) is 0 Å². The first kappa shape index (κ1) is 12.6. The largest absolute Gasteiger partial charge is 0.471 e. The van der Waals surface area contributed by atoms with Gasteiger partial charge in [0.1, 0.15) is 6.10 Å². The number of methoxy groups -OCH3 is 1. The highest BCUT2D eigenvalue weighted by atomic mass is 16.7. The van der Waals surface area contributed by atoms with Gasteiger partial charge in [-0.15, -0.1) is 0 Å². The molecule has 6 nitrogen and oxygen atoms in total. The fourth-order valence-electron chi connectivity index (χ4n) is 3.74. The van der Waals surface area contributed by atoms with Gasteiger partial charge in [-0.25, -0.2) is 9.59 Å². The Morgan fingerprint density at radius 1 is 1.48 bits per heavy atom. The van der Waals surface area contributed by atoms with Gasteiger partial charge in [-0.1, -0.05) is 12.2 Å². The summed E-state index contributed by atoms with van der Waals surface area (Å²) in [7, 11) is 1.32. The number of carbonyl (C=O) groups excluding carboxylic acids is 2. The molecule has 0 aromatic rings. The van der Waals surface area contributed by atoms with E-state index in [2.05, 4.69) is 0 Å². The van der Waals surface area contributed by atoms with E-state index in [9.17, 15) is 9.59 Å². The summed E-state index contributed by atoms with van der Waals surface area (Å²) < 4.78 is 21.8. The van der Waals surface area contributed by atoms with Crippen molar-refractivity contribution in [2.75, 3.05) is 7.11 Å². The smallest absolute Gasteiger partial charge is 0.337 e. The molecule has 1 aliphatic carbocycles. The molecule has 6 heteroatoms. The second-order valence-electron chi connectivity index (χ2n) is 5.48. The first-order valence-electron chi connectivity index (χ1n) is 6.80. The van der Waals surface area contributed by atoms with Crippen molar-refractivity contribution >= 4 is 11.9 Å². The molecule has 0 unspecified atom stereocenters. The molecular formula is C15H14O6. The van der Waals surface area contributed by atoms with E-state index in [0.29, 0.717) is 11.1 Å². The summed E-state index contributed by atoms with van der Waals surface area (Å²) in [6.45, 7) is 1.77. The third-order valence-electron chi connectivity index (χ3n) is 4.65. The third kappa shape index (κ3) is 1.35. The topological polar surface area (TPSA) is 71.1 Å². The van der Waals surface area contributed by atoms with Gasteiger partial charge in [0.25, 0.3) is 0 Å². The van der Waals surface area contributed by atoms with E-state index in [1.807, 2.05) is 12.2 Å². The Morgan fingerprint density at radius 3 is 3.00 bits per heavy atom. The van der Waals surface area contributed by atoms with Crippen molar-refractivity contribution in [3.63, 3.8) is 0 Å². The van der Waals surface area contributed by atoms with Gasteiger partial charge in [-0.05, 0) is 13.0 Å². The number of rotatable bonds is 1. The average Bonchev–Trinajstić information content (AvgIpc) is 3.08. The molecule has 2 fully saturated rings. The minimum Gasteiger partial charge on any atom is -0.471 e. The fraction of sp³-hybridized carbons (Fsp3) is 0.467. The summed E-state index contributed by atoms with van der Waals surface area (Å²) >= 11 is 0. The summed E-state index contributed by atoms with van der Waals surface area (Å²) in [5.74, 6) is -1.31.